The molecule has 0 saturated heterocycles. The number of nitrogen functional groups attached to an aromatic ring is 1. The third-order valence-corrected chi connectivity index (χ3v) is 4.04. The molecule has 9 heteroatoms. The number of aromatic nitrogens is 2. The Balaban J connectivity index is 1.95. The number of thioether (sulfide) groups is 1. The van der Waals surface area contributed by atoms with Crippen molar-refractivity contribution in [2.75, 3.05) is 23.4 Å². The minimum absolute atomic E-state index is 0.00415. The van der Waals surface area contributed by atoms with Crippen molar-refractivity contribution in [1.29, 1.82) is 0 Å². The molecule has 0 unspecified atom stereocenters. The van der Waals surface area contributed by atoms with E-state index in [0.29, 0.717) is 11.3 Å². The molecule has 2 aromatic rings. The maximum absolute atomic E-state index is 12.0. The molecule has 0 atom stereocenters. The van der Waals surface area contributed by atoms with Crippen molar-refractivity contribution in [2.24, 2.45) is 0 Å². The van der Waals surface area contributed by atoms with Crippen LogP contribution in [-0.4, -0.2) is 40.0 Å². The summed E-state index contributed by atoms with van der Waals surface area (Å²) < 4.78 is 4.85. The van der Waals surface area contributed by atoms with Gasteiger partial charge in [0, 0.05) is 17.4 Å². The van der Waals surface area contributed by atoms with Crippen molar-refractivity contribution in [2.45, 2.75) is 19.0 Å². The van der Waals surface area contributed by atoms with Crippen LogP contribution in [0.15, 0.2) is 35.6 Å². The number of amides is 1. The van der Waals surface area contributed by atoms with Gasteiger partial charge in [0.2, 0.25) is 5.91 Å². The average Bonchev–Trinajstić information content (AvgIpc) is 2.60. The van der Waals surface area contributed by atoms with Gasteiger partial charge in [0.25, 0.3) is 0 Å². The molecule has 2 rings (SSSR count). The van der Waals surface area contributed by atoms with Gasteiger partial charge in [0.1, 0.15) is 11.4 Å². The first kappa shape index (κ1) is 19.4. The first-order valence-electron chi connectivity index (χ1n) is 7.74. The van der Waals surface area contributed by atoms with Crippen LogP contribution >= 0.6 is 11.8 Å². The number of hydrogen-bond donors (Lipinski definition) is 2. The molecule has 8 nitrogen and oxygen atoms in total. The van der Waals surface area contributed by atoms with Crippen molar-refractivity contribution in [3.05, 3.63) is 41.6 Å². The topological polar surface area (TPSA) is 124 Å². The highest BCUT2D eigenvalue weighted by atomic mass is 32.2. The van der Waals surface area contributed by atoms with Crippen LogP contribution in [0.25, 0.3) is 0 Å². The maximum atomic E-state index is 12.0. The van der Waals surface area contributed by atoms with E-state index >= 15 is 0 Å². The van der Waals surface area contributed by atoms with E-state index in [9.17, 15) is 14.4 Å². The third kappa shape index (κ3) is 5.28. The summed E-state index contributed by atoms with van der Waals surface area (Å²) in [6.45, 7) is 3.36. The lowest BCUT2D eigenvalue weighted by Gasteiger charge is -2.07. The molecular weight excluding hydrogens is 356 g/mol. The minimum Gasteiger partial charge on any atom is -0.462 e. The lowest BCUT2D eigenvalue weighted by Crippen LogP contribution is -2.15. The van der Waals surface area contributed by atoms with Gasteiger partial charge in [0.15, 0.2) is 10.9 Å². The number of nitrogens with two attached hydrogens (primary N) is 1. The SMILES string of the molecule is CCOC(=O)c1cnc(SCC(=O)Nc2cccc(C(C)=O)c2)nc1N. The Morgan fingerprint density at radius 2 is 2.08 bits per heavy atom. The molecule has 0 spiro atoms. The summed E-state index contributed by atoms with van der Waals surface area (Å²) >= 11 is 1.07. The Morgan fingerprint density at radius 3 is 2.73 bits per heavy atom. The van der Waals surface area contributed by atoms with E-state index in [-0.39, 0.29) is 40.6 Å². The highest BCUT2D eigenvalue weighted by Gasteiger charge is 2.14. The summed E-state index contributed by atoms with van der Waals surface area (Å²) in [6, 6.07) is 6.66. The molecule has 0 aliphatic carbocycles. The Labute approximate surface area is 154 Å². The number of carbonyl (C=O) groups excluding carboxylic acids is 3. The standard InChI is InChI=1S/C17H18N4O4S/c1-3-25-16(24)13-8-19-17(21-15(13)18)26-9-14(23)20-12-6-4-5-11(7-12)10(2)22/h4-8H,3,9H2,1-2H3,(H,20,23)(H2,18,19,21). The maximum Gasteiger partial charge on any atom is 0.343 e. The predicted octanol–water partition coefficient (Wildman–Crippen LogP) is 2.17. The van der Waals surface area contributed by atoms with Gasteiger partial charge < -0.3 is 15.8 Å². The molecule has 0 radical (unpaired) electrons. The van der Waals surface area contributed by atoms with Gasteiger partial charge in [-0.25, -0.2) is 14.8 Å². The van der Waals surface area contributed by atoms with Gasteiger partial charge in [-0.05, 0) is 26.0 Å². The molecular formula is C17H18N4O4S. The van der Waals surface area contributed by atoms with Crippen LogP contribution in [0.1, 0.15) is 34.6 Å². The van der Waals surface area contributed by atoms with E-state index in [1.54, 1.807) is 31.2 Å². The number of nitrogens with zero attached hydrogens (tertiary/aromatic N) is 2. The summed E-state index contributed by atoms with van der Waals surface area (Å²) in [5.74, 6) is -0.920. The molecule has 0 aliphatic heterocycles. The van der Waals surface area contributed by atoms with E-state index in [4.69, 9.17) is 10.5 Å². The summed E-state index contributed by atoms with van der Waals surface area (Å²) in [6.07, 6.45) is 1.27. The monoisotopic (exact) mass is 374 g/mol. The van der Waals surface area contributed by atoms with Gasteiger partial charge in [-0.3, -0.25) is 9.59 Å². The van der Waals surface area contributed by atoms with Crippen LogP contribution in [0.4, 0.5) is 11.5 Å². The zero-order valence-electron chi connectivity index (χ0n) is 14.3. The minimum atomic E-state index is -0.593. The molecule has 1 amide bonds. The second-order valence-corrected chi connectivity index (χ2v) is 6.09. The van der Waals surface area contributed by atoms with Crippen molar-refractivity contribution in [3.8, 4) is 0 Å². The van der Waals surface area contributed by atoms with Crippen molar-refractivity contribution >= 4 is 40.9 Å². The lowest BCUT2D eigenvalue weighted by molar-refractivity contribution is -0.113. The Kier molecular flexibility index (Phi) is 6.67. The summed E-state index contributed by atoms with van der Waals surface area (Å²) in [4.78, 5) is 43.0. The number of hydrogen-bond acceptors (Lipinski definition) is 8. The number of rotatable bonds is 7. The van der Waals surface area contributed by atoms with Gasteiger partial charge >= 0.3 is 5.97 Å². The lowest BCUT2D eigenvalue weighted by atomic mass is 10.1. The molecule has 136 valence electrons. The van der Waals surface area contributed by atoms with Crippen LogP contribution in [0.5, 0.6) is 0 Å². The molecule has 26 heavy (non-hydrogen) atoms. The fourth-order valence-corrected chi connectivity index (χ4v) is 2.58. The highest BCUT2D eigenvalue weighted by Crippen LogP contribution is 2.18. The largest absolute Gasteiger partial charge is 0.462 e. The number of ether oxygens (including phenoxy) is 1. The van der Waals surface area contributed by atoms with E-state index in [1.807, 2.05) is 0 Å². The normalized spacial score (nSPS) is 10.2. The highest BCUT2D eigenvalue weighted by molar-refractivity contribution is 7.99. The van der Waals surface area contributed by atoms with Crippen LogP contribution in [0.3, 0.4) is 0 Å². The molecule has 1 aromatic carbocycles. The molecule has 1 heterocycles. The van der Waals surface area contributed by atoms with E-state index in [0.717, 1.165) is 11.8 Å². The van der Waals surface area contributed by atoms with Crippen LogP contribution in [0.2, 0.25) is 0 Å². The Hall–Kier alpha value is -2.94. The number of benzene rings is 1. The first-order chi connectivity index (χ1) is 12.4. The molecule has 0 fully saturated rings. The second-order valence-electron chi connectivity index (χ2n) is 5.15. The number of ketones is 1. The van der Waals surface area contributed by atoms with Gasteiger partial charge in [-0.2, -0.15) is 0 Å². The van der Waals surface area contributed by atoms with Gasteiger partial charge in [0.05, 0.1) is 12.4 Å². The summed E-state index contributed by atoms with van der Waals surface area (Å²) in [5, 5.41) is 2.96. The van der Waals surface area contributed by atoms with E-state index in [1.165, 1.54) is 13.1 Å². The number of esters is 1. The smallest absolute Gasteiger partial charge is 0.343 e. The third-order valence-electron chi connectivity index (χ3n) is 3.18. The first-order valence-corrected chi connectivity index (χ1v) is 8.72. The quantitative estimate of drug-likeness (QED) is 0.327. The molecule has 0 bridgehead atoms. The van der Waals surface area contributed by atoms with Gasteiger partial charge in [-0.1, -0.05) is 23.9 Å². The molecule has 3 N–H and O–H groups in total. The molecule has 0 aliphatic rings. The van der Waals surface area contributed by atoms with Crippen molar-refractivity contribution < 1.29 is 19.1 Å². The predicted molar refractivity (Wildman–Crippen MR) is 98.2 cm³/mol. The van der Waals surface area contributed by atoms with Crippen LogP contribution < -0.4 is 11.1 Å². The molecule has 1 aromatic heterocycles. The number of carbonyl (C=O) groups is 3. The Morgan fingerprint density at radius 1 is 1.31 bits per heavy atom. The van der Waals surface area contributed by atoms with Crippen LogP contribution in [0, 0.1) is 0 Å². The van der Waals surface area contributed by atoms with Crippen LogP contribution in [-0.2, 0) is 9.53 Å². The second kappa shape index (κ2) is 8.95. The fourth-order valence-electron chi connectivity index (χ4n) is 1.96. The zero-order valence-corrected chi connectivity index (χ0v) is 15.1. The fraction of sp³-hybridized carbons (Fsp3) is 0.235. The zero-order chi connectivity index (χ0) is 19.1. The van der Waals surface area contributed by atoms with Crippen molar-refractivity contribution in [3.63, 3.8) is 0 Å². The van der Waals surface area contributed by atoms with Crippen molar-refractivity contribution in [1.82, 2.24) is 9.97 Å². The number of Topliss-reactive ketones (excluding diaryl/α,β-unsaturated/α-hetero) is 1. The molecule has 0 saturated carbocycles. The summed E-state index contributed by atoms with van der Waals surface area (Å²) in [5.41, 5.74) is 6.86. The number of anilines is 2. The van der Waals surface area contributed by atoms with E-state index in [2.05, 4.69) is 15.3 Å². The summed E-state index contributed by atoms with van der Waals surface area (Å²) in [7, 11) is 0. The average molecular weight is 374 g/mol. The van der Waals surface area contributed by atoms with E-state index < -0.39 is 5.97 Å². The number of nitrogens with one attached hydrogen (secondary N) is 1. The van der Waals surface area contributed by atoms with Gasteiger partial charge in [-0.15, -0.1) is 0 Å². The Bertz CT molecular complexity index is 841.